The molecule has 3 rings (SSSR count). The standard InChI is InChI=1S/C14H20N2O2/c1-2-10-3-4-16(9-10)12-8-14-13(7-11(12)15)17-5-6-18-14/h7-8,10H,2-6,9,15H2,1H3. The van der Waals surface area contributed by atoms with Crippen molar-refractivity contribution in [3.63, 3.8) is 0 Å². The summed E-state index contributed by atoms with van der Waals surface area (Å²) in [5.41, 5.74) is 8.01. The lowest BCUT2D eigenvalue weighted by atomic mass is 10.1. The van der Waals surface area contributed by atoms with Crippen LogP contribution in [0.15, 0.2) is 12.1 Å². The molecule has 2 aliphatic heterocycles. The minimum absolute atomic E-state index is 0.605. The lowest BCUT2D eigenvalue weighted by Crippen LogP contribution is -2.22. The molecule has 0 spiro atoms. The smallest absolute Gasteiger partial charge is 0.163 e. The molecule has 1 saturated heterocycles. The van der Waals surface area contributed by atoms with E-state index in [1.165, 1.54) is 12.8 Å². The van der Waals surface area contributed by atoms with Crippen LogP contribution in [0.25, 0.3) is 0 Å². The normalized spacial score (nSPS) is 22.3. The summed E-state index contributed by atoms with van der Waals surface area (Å²) in [4.78, 5) is 2.36. The fourth-order valence-electron chi connectivity index (χ4n) is 2.75. The summed E-state index contributed by atoms with van der Waals surface area (Å²) in [6, 6.07) is 3.92. The fourth-order valence-corrected chi connectivity index (χ4v) is 2.75. The van der Waals surface area contributed by atoms with Crippen LogP contribution < -0.4 is 20.1 Å². The number of nitrogen functional groups attached to an aromatic ring is 1. The first-order chi connectivity index (χ1) is 8.78. The van der Waals surface area contributed by atoms with E-state index in [9.17, 15) is 0 Å². The van der Waals surface area contributed by atoms with E-state index >= 15 is 0 Å². The summed E-state index contributed by atoms with van der Waals surface area (Å²) in [6.07, 6.45) is 2.49. The van der Waals surface area contributed by atoms with Crippen molar-refractivity contribution in [2.75, 3.05) is 36.9 Å². The lowest BCUT2D eigenvalue weighted by molar-refractivity contribution is 0.172. The van der Waals surface area contributed by atoms with E-state index in [1.54, 1.807) is 0 Å². The van der Waals surface area contributed by atoms with E-state index in [2.05, 4.69) is 11.8 Å². The van der Waals surface area contributed by atoms with Gasteiger partial charge in [-0.2, -0.15) is 0 Å². The zero-order chi connectivity index (χ0) is 12.5. The molecule has 2 aliphatic rings. The average molecular weight is 248 g/mol. The zero-order valence-electron chi connectivity index (χ0n) is 10.8. The Balaban J connectivity index is 1.88. The quantitative estimate of drug-likeness (QED) is 0.816. The highest BCUT2D eigenvalue weighted by Crippen LogP contribution is 2.40. The molecule has 0 aliphatic carbocycles. The molecule has 1 unspecified atom stereocenters. The fraction of sp³-hybridized carbons (Fsp3) is 0.571. The molecule has 0 amide bonds. The number of rotatable bonds is 2. The number of benzene rings is 1. The third-order valence-corrected chi connectivity index (χ3v) is 3.90. The second-order valence-corrected chi connectivity index (χ2v) is 5.06. The van der Waals surface area contributed by atoms with E-state index in [-0.39, 0.29) is 0 Å². The second kappa shape index (κ2) is 4.59. The summed E-state index contributed by atoms with van der Waals surface area (Å²) in [6.45, 7) is 5.66. The number of nitrogens with two attached hydrogens (primary N) is 1. The van der Waals surface area contributed by atoms with Gasteiger partial charge in [0.2, 0.25) is 0 Å². The van der Waals surface area contributed by atoms with Crippen LogP contribution in [-0.4, -0.2) is 26.3 Å². The van der Waals surface area contributed by atoms with Crippen molar-refractivity contribution in [2.24, 2.45) is 5.92 Å². The molecule has 4 nitrogen and oxygen atoms in total. The maximum Gasteiger partial charge on any atom is 0.163 e. The molecule has 0 bridgehead atoms. The highest BCUT2D eigenvalue weighted by atomic mass is 16.6. The molecule has 2 heterocycles. The van der Waals surface area contributed by atoms with Crippen LogP contribution in [0.3, 0.4) is 0 Å². The van der Waals surface area contributed by atoms with E-state index in [0.29, 0.717) is 13.2 Å². The van der Waals surface area contributed by atoms with E-state index in [4.69, 9.17) is 15.2 Å². The van der Waals surface area contributed by atoms with Crippen molar-refractivity contribution in [1.82, 2.24) is 0 Å². The SMILES string of the molecule is CCC1CCN(c2cc3c(cc2N)OCCO3)C1. The Morgan fingerprint density at radius 3 is 2.67 bits per heavy atom. The van der Waals surface area contributed by atoms with Gasteiger partial charge in [0.25, 0.3) is 0 Å². The van der Waals surface area contributed by atoms with E-state index in [0.717, 1.165) is 41.9 Å². The van der Waals surface area contributed by atoms with Gasteiger partial charge in [-0.15, -0.1) is 0 Å². The van der Waals surface area contributed by atoms with Crippen molar-refractivity contribution >= 4 is 11.4 Å². The van der Waals surface area contributed by atoms with Crippen molar-refractivity contribution < 1.29 is 9.47 Å². The largest absolute Gasteiger partial charge is 0.486 e. The number of hydrogen-bond acceptors (Lipinski definition) is 4. The molecule has 0 aromatic heterocycles. The van der Waals surface area contributed by atoms with Crippen LogP contribution in [0.5, 0.6) is 11.5 Å². The molecule has 0 radical (unpaired) electrons. The van der Waals surface area contributed by atoms with Gasteiger partial charge in [0.05, 0.1) is 11.4 Å². The molecule has 98 valence electrons. The van der Waals surface area contributed by atoms with Gasteiger partial charge in [-0.25, -0.2) is 0 Å². The third kappa shape index (κ3) is 1.96. The van der Waals surface area contributed by atoms with Gasteiger partial charge in [-0.1, -0.05) is 13.3 Å². The Labute approximate surface area is 108 Å². The number of hydrogen-bond donors (Lipinski definition) is 1. The Morgan fingerprint density at radius 1 is 1.28 bits per heavy atom. The average Bonchev–Trinajstić information content (AvgIpc) is 2.86. The Hall–Kier alpha value is -1.58. The van der Waals surface area contributed by atoms with Gasteiger partial charge in [0, 0.05) is 25.2 Å². The van der Waals surface area contributed by atoms with Crippen LogP contribution in [0, 0.1) is 5.92 Å². The van der Waals surface area contributed by atoms with Crippen molar-refractivity contribution in [2.45, 2.75) is 19.8 Å². The first-order valence-corrected chi connectivity index (χ1v) is 6.72. The van der Waals surface area contributed by atoms with Gasteiger partial charge in [-0.3, -0.25) is 0 Å². The molecule has 1 atom stereocenters. The maximum atomic E-state index is 6.13. The summed E-state index contributed by atoms with van der Waals surface area (Å²) in [5.74, 6) is 2.39. The first kappa shape index (κ1) is 11.5. The Morgan fingerprint density at radius 2 is 2.00 bits per heavy atom. The number of nitrogens with zero attached hydrogens (tertiary/aromatic N) is 1. The molecular weight excluding hydrogens is 228 g/mol. The highest BCUT2D eigenvalue weighted by molar-refractivity contribution is 5.73. The van der Waals surface area contributed by atoms with Crippen LogP contribution in [0.2, 0.25) is 0 Å². The summed E-state index contributed by atoms with van der Waals surface area (Å²) < 4.78 is 11.2. The molecule has 2 N–H and O–H groups in total. The van der Waals surface area contributed by atoms with Crippen LogP contribution in [0.4, 0.5) is 11.4 Å². The number of fused-ring (bicyclic) bond motifs is 1. The monoisotopic (exact) mass is 248 g/mol. The first-order valence-electron chi connectivity index (χ1n) is 6.72. The van der Waals surface area contributed by atoms with Crippen LogP contribution in [0.1, 0.15) is 19.8 Å². The number of ether oxygens (including phenoxy) is 2. The molecule has 18 heavy (non-hydrogen) atoms. The molecule has 4 heteroatoms. The minimum Gasteiger partial charge on any atom is -0.486 e. The van der Waals surface area contributed by atoms with Crippen molar-refractivity contribution in [3.05, 3.63) is 12.1 Å². The van der Waals surface area contributed by atoms with Gasteiger partial charge >= 0.3 is 0 Å². The van der Waals surface area contributed by atoms with Crippen LogP contribution in [-0.2, 0) is 0 Å². The zero-order valence-corrected chi connectivity index (χ0v) is 10.8. The molecule has 1 fully saturated rings. The Kier molecular flexibility index (Phi) is 2.94. The van der Waals surface area contributed by atoms with Gasteiger partial charge < -0.3 is 20.1 Å². The summed E-state index contributed by atoms with van der Waals surface area (Å²) in [7, 11) is 0. The predicted octanol–water partition coefficient (Wildman–Crippen LogP) is 2.28. The van der Waals surface area contributed by atoms with Gasteiger partial charge in [0.1, 0.15) is 13.2 Å². The Bertz CT molecular complexity index is 448. The lowest BCUT2D eigenvalue weighted by Gasteiger charge is -2.25. The minimum atomic E-state index is 0.605. The van der Waals surface area contributed by atoms with E-state index < -0.39 is 0 Å². The molecule has 1 aromatic carbocycles. The summed E-state index contributed by atoms with van der Waals surface area (Å²) >= 11 is 0. The van der Waals surface area contributed by atoms with Crippen LogP contribution >= 0.6 is 0 Å². The van der Waals surface area contributed by atoms with Gasteiger partial charge in [-0.05, 0) is 12.3 Å². The summed E-state index contributed by atoms with van der Waals surface area (Å²) in [5, 5.41) is 0. The number of anilines is 2. The molecular formula is C14H20N2O2. The highest BCUT2D eigenvalue weighted by Gasteiger charge is 2.24. The molecule has 0 saturated carbocycles. The second-order valence-electron chi connectivity index (χ2n) is 5.06. The third-order valence-electron chi connectivity index (χ3n) is 3.90. The van der Waals surface area contributed by atoms with Gasteiger partial charge in [0.15, 0.2) is 11.5 Å². The maximum absolute atomic E-state index is 6.13. The van der Waals surface area contributed by atoms with Crippen molar-refractivity contribution in [1.29, 1.82) is 0 Å². The molecule has 1 aromatic rings. The predicted molar refractivity (Wildman–Crippen MR) is 72.5 cm³/mol. The topological polar surface area (TPSA) is 47.7 Å². The van der Waals surface area contributed by atoms with E-state index in [1.807, 2.05) is 12.1 Å². The van der Waals surface area contributed by atoms with Crippen molar-refractivity contribution in [3.8, 4) is 11.5 Å².